The molecule has 0 fully saturated rings. The SMILES string of the molecule is CC(=O)/C(=C/c1cccc([N+](=O)[O-])c1)CCl. The standard InChI is InChI=1S/C11H10ClNO3/c1-8(14)10(7-12)5-9-3-2-4-11(6-9)13(15)16/h2-6H,7H2,1H3/b10-5+. The van der Waals surface area contributed by atoms with Crippen molar-refractivity contribution < 1.29 is 9.72 Å². The summed E-state index contributed by atoms with van der Waals surface area (Å²) in [5.41, 5.74) is 1.02. The largest absolute Gasteiger partial charge is 0.295 e. The zero-order chi connectivity index (χ0) is 12.1. The summed E-state index contributed by atoms with van der Waals surface area (Å²) in [5.74, 6) is -0.0422. The second-order valence-electron chi connectivity index (χ2n) is 3.21. The van der Waals surface area contributed by atoms with E-state index in [0.29, 0.717) is 11.1 Å². The van der Waals surface area contributed by atoms with Crippen LogP contribution in [0.2, 0.25) is 0 Å². The molecular weight excluding hydrogens is 230 g/mol. The van der Waals surface area contributed by atoms with Gasteiger partial charge >= 0.3 is 0 Å². The van der Waals surface area contributed by atoms with Crippen LogP contribution in [0.15, 0.2) is 29.8 Å². The Morgan fingerprint density at radius 2 is 2.25 bits per heavy atom. The quantitative estimate of drug-likeness (QED) is 0.351. The van der Waals surface area contributed by atoms with Crippen LogP contribution in [0.4, 0.5) is 5.69 Å². The Bertz CT molecular complexity index is 454. The van der Waals surface area contributed by atoms with E-state index < -0.39 is 4.92 Å². The Hall–Kier alpha value is -1.68. The van der Waals surface area contributed by atoms with E-state index in [1.807, 2.05) is 0 Å². The topological polar surface area (TPSA) is 60.2 Å². The number of nitrogens with zero attached hydrogens (tertiary/aromatic N) is 1. The highest BCUT2D eigenvalue weighted by Gasteiger charge is 2.06. The number of hydrogen-bond donors (Lipinski definition) is 0. The van der Waals surface area contributed by atoms with Crippen molar-refractivity contribution in [3.05, 3.63) is 45.5 Å². The summed E-state index contributed by atoms with van der Waals surface area (Å²) in [6.45, 7) is 1.41. The molecule has 0 N–H and O–H groups in total. The van der Waals surface area contributed by atoms with Crippen LogP contribution in [0.1, 0.15) is 12.5 Å². The lowest BCUT2D eigenvalue weighted by Gasteiger charge is -1.98. The Morgan fingerprint density at radius 3 is 2.75 bits per heavy atom. The van der Waals surface area contributed by atoms with Crippen molar-refractivity contribution in [3.8, 4) is 0 Å². The highest BCUT2D eigenvalue weighted by atomic mass is 35.5. The molecule has 0 radical (unpaired) electrons. The lowest BCUT2D eigenvalue weighted by molar-refractivity contribution is -0.384. The number of rotatable bonds is 4. The van der Waals surface area contributed by atoms with Crippen molar-refractivity contribution in [1.82, 2.24) is 0 Å². The molecule has 0 bridgehead atoms. The van der Waals surface area contributed by atoms with Gasteiger partial charge in [-0.2, -0.15) is 0 Å². The van der Waals surface area contributed by atoms with Crippen LogP contribution in [0.25, 0.3) is 6.08 Å². The molecular formula is C11H10ClNO3. The molecule has 0 amide bonds. The Labute approximate surface area is 97.7 Å². The maximum atomic E-state index is 11.1. The first kappa shape index (κ1) is 12.4. The number of non-ortho nitro benzene ring substituents is 1. The van der Waals surface area contributed by atoms with E-state index in [1.165, 1.54) is 19.1 Å². The normalized spacial score (nSPS) is 11.2. The summed E-state index contributed by atoms with van der Waals surface area (Å²) in [7, 11) is 0. The van der Waals surface area contributed by atoms with Gasteiger partial charge in [0.1, 0.15) is 0 Å². The highest BCUT2D eigenvalue weighted by Crippen LogP contribution is 2.16. The summed E-state index contributed by atoms with van der Waals surface area (Å²) in [5, 5.41) is 10.5. The molecule has 1 rings (SSSR count). The first-order valence-corrected chi connectivity index (χ1v) is 5.10. The van der Waals surface area contributed by atoms with Crippen LogP contribution in [-0.2, 0) is 4.79 Å². The lowest BCUT2D eigenvalue weighted by atomic mass is 10.1. The fourth-order valence-electron chi connectivity index (χ4n) is 1.16. The van der Waals surface area contributed by atoms with Crippen molar-refractivity contribution in [1.29, 1.82) is 0 Å². The number of carbonyl (C=O) groups excluding carboxylic acids is 1. The van der Waals surface area contributed by atoms with Gasteiger partial charge in [-0.1, -0.05) is 12.1 Å². The van der Waals surface area contributed by atoms with Crippen molar-refractivity contribution in [2.45, 2.75) is 6.92 Å². The number of carbonyl (C=O) groups is 1. The van der Waals surface area contributed by atoms with E-state index in [-0.39, 0.29) is 17.4 Å². The van der Waals surface area contributed by atoms with Crippen LogP contribution in [0.5, 0.6) is 0 Å². The van der Waals surface area contributed by atoms with Crippen molar-refractivity contribution in [3.63, 3.8) is 0 Å². The first-order chi connectivity index (χ1) is 7.54. The maximum Gasteiger partial charge on any atom is 0.270 e. The molecule has 16 heavy (non-hydrogen) atoms. The lowest BCUT2D eigenvalue weighted by Crippen LogP contribution is -1.97. The molecule has 0 heterocycles. The molecule has 5 heteroatoms. The summed E-state index contributed by atoms with van der Waals surface area (Å²) >= 11 is 5.59. The van der Waals surface area contributed by atoms with Crippen LogP contribution >= 0.6 is 11.6 Å². The van der Waals surface area contributed by atoms with Crippen molar-refractivity contribution >= 4 is 29.1 Å². The van der Waals surface area contributed by atoms with E-state index in [2.05, 4.69) is 0 Å². The van der Waals surface area contributed by atoms with Gasteiger partial charge in [0.25, 0.3) is 5.69 Å². The van der Waals surface area contributed by atoms with Gasteiger partial charge in [0.05, 0.1) is 10.8 Å². The van der Waals surface area contributed by atoms with Crippen LogP contribution in [0, 0.1) is 10.1 Å². The number of alkyl halides is 1. The minimum Gasteiger partial charge on any atom is -0.295 e. The molecule has 84 valence electrons. The van der Waals surface area contributed by atoms with Gasteiger partial charge in [0.2, 0.25) is 0 Å². The second-order valence-corrected chi connectivity index (χ2v) is 3.48. The van der Waals surface area contributed by atoms with E-state index in [9.17, 15) is 14.9 Å². The molecule has 1 aromatic rings. The van der Waals surface area contributed by atoms with Crippen LogP contribution < -0.4 is 0 Å². The number of hydrogen-bond acceptors (Lipinski definition) is 3. The Balaban J connectivity index is 3.09. The molecule has 0 unspecified atom stereocenters. The first-order valence-electron chi connectivity index (χ1n) is 4.56. The van der Waals surface area contributed by atoms with Crippen molar-refractivity contribution in [2.24, 2.45) is 0 Å². The molecule has 0 spiro atoms. The van der Waals surface area contributed by atoms with E-state index >= 15 is 0 Å². The average Bonchev–Trinajstić information content (AvgIpc) is 2.25. The monoisotopic (exact) mass is 239 g/mol. The number of allylic oxidation sites excluding steroid dienone is 1. The zero-order valence-corrected chi connectivity index (χ0v) is 9.40. The maximum absolute atomic E-state index is 11.1. The van der Waals surface area contributed by atoms with E-state index in [1.54, 1.807) is 18.2 Å². The molecule has 0 aliphatic rings. The van der Waals surface area contributed by atoms with Gasteiger partial charge in [-0.05, 0) is 18.6 Å². The number of Topliss-reactive ketones (excluding diaryl/α,β-unsaturated/α-hetero) is 1. The second kappa shape index (κ2) is 5.42. The molecule has 0 saturated heterocycles. The smallest absolute Gasteiger partial charge is 0.270 e. The predicted molar refractivity (Wildman–Crippen MR) is 62.5 cm³/mol. The third kappa shape index (κ3) is 3.17. The summed E-state index contributed by atoms with van der Waals surface area (Å²) < 4.78 is 0. The molecule has 0 aliphatic heterocycles. The fourth-order valence-corrected chi connectivity index (χ4v) is 1.43. The molecule has 4 nitrogen and oxygen atoms in total. The third-order valence-corrected chi connectivity index (χ3v) is 2.31. The summed E-state index contributed by atoms with van der Waals surface area (Å²) in [4.78, 5) is 21.2. The van der Waals surface area contributed by atoms with Gasteiger partial charge in [-0.25, -0.2) is 0 Å². The van der Waals surface area contributed by atoms with Crippen molar-refractivity contribution in [2.75, 3.05) is 5.88 Å². The van der Waals surface area contributed by atoms with Gasteiger partial charge in [-0.3, -0.25) is 14.9 Å². The van der Waals surface area contributed by atoms with E-state index in [4.69, 9.17) is 11.6 Å². The fraction of sp³-hybridized carbons (Fsp3) is 0.182. The molecule has 0 saturated carbocycles. The molecule has 0 atom stereocenters. The number of nitro benzene ring substituents is 1. The number of halogens is 1. The van der Waals surface area contributed by atoms with Gasteiger partial charge in [0, 0.05) is 17.7 Å². The average molecular weight is 240 g/mol. The molecule has 0 aliphatic carbocycles. The minimum atomic E-state index is -0.481. The number of benzene rings is 1. The number of ketones is 1. The van der Waals surface area contributed by atoms with Gasteiger partial charge < -0.3 is 0 Å². The minimum absolute atomic E-state index is 0.00813. The summed E-state index contributed by atoms with van der Waals surface area (Å²) in [6.07, 6.45) is 1.56. The van der Waals surface area contributed by atoms with Gasteiger partial charge in [-0.15, -0.1) is 11.6 Å². The van der Waals surface area contributed by atoms with Gasteiger partial charge in [0.15, 0.2) is 5.78 Å². The van der Waals surface area contributed by atoms with Crippen LogP contribution in [-0.4, -0.2) is 16.6 Å². The van der Waals surface area contributed by atoms with E-state index in [0.717, 1.165) is 0 Å². The Morgan fingerprint density at radius 1 is 1.56 bits per heavy atom. The predicted octanol–water partition coefficient (Wildman–Crippen LogP) is 2.81. The molecule has 0 aromatic heterocycles. The Kier molecular flexibility index (Phi) is 4.19. The molecule has 1 aromatic carbocycles. The third-order valence-electron chi connectivity index (χ3n) is 2.02. The highest BCUT2D eigenvalue weighted by molar-refractivity contribution is 6.23. The summed E-state index contributed by atoms with van der Waals surface area (Å²) in [6, 6.07) is 6.04. The zero-order valence-electron chi connectivity index (χ0n) is 8.64. The number of nitro groups is 1. The van der Waals surface area contributed by atoms with Crippen LogP contribution in [0.3, 0.4) is 0 Å².